The Balaban J connectivity index is 1.77. The lowest BCUT2D eigenvalue weighted by Crippen LogP contribution is -2.30. The number of carbonyl (C=O) groups excluding carboxylic acids is 2. The first kappa shape index (κ1) is 21.6. The molecule has 0 unspecified atom stereocenters. The molecule has 3 aromatic rings. The van der Waals surface area contributed by atoms with Gasteiger partial charge < -0.3 is 14.5 Å². The van der Waals surface area contributed by atoms with E-state index < -0.39 is 5.97 Å². The number of benzene rings is 2. The van der Waals surface area contributed by atoms with E-state index in [1.165, 1.54) is 5.56 Å². The van der Waals surface area contributed by atoms with Crippen LogP contribution in [0.3, 0.4) is 0 Å². The van der Waals surface area contributed by atoms with Crippen molar-refractivity contribution in [3.63, 3.8) is 0 Å². The van der Waals surface area contributed by atoms with E-state index in [0.717, 1.165) is 27.8 Å². The van der Waals surface area contributed by atoms with Crippen molar-refractivity contribution in [2.45, 2.75) is 34.2 Å². The summed E-state index contributed by atoms with van der Waals surface area (Å²) in [6, 6.07) is 11.6. The Morgan fingerprint density at radius 3 is 2.43 bits per heavy atom. The SMILES string of the molecule is CCOC(=O)c1oc2ccccc2c1CN(C)CC(=O)Nc1c(C)cc(C)cc1C. The highest BCUT2D eigenvalue weighted by atomic mass is 16.5. The van der Waals surface area contributed by atoms with Crippen molar-refractivity contribution in [2.75, 3.05) is 25.5 Å². The van der Waals surface area contributed by atoms with E-state index in [0.29, 0.717) is 12.1 Å². The quantitative estimate of drug-likeness (QED) is 0.578. The molecule has 0 spiro atoms. The lowest BCUT2D eigenvalue weighted by molar-refractivity contribution is -0.117. The van der Waals surface area contributed by atoms with Crippen molar-refractivity contribution in [1.82, 2.24) is 4.90 Å². The fraction of sp³-hybridized carbons (Fsp3) is 0.333. The Hall–Kier alpha value is -3.12. The summed E-state index contributed by atoms with van der Waals surface area (Å²) in [5.74, 6) is -0.416. The lowest BCUT2D eigenvalue weighted by atomic mass is 10.1. The highest BCUT2D eigenvalue weighted by molar-refractivity contribution is 5.96. The number of para-hydroxylation sites is 1. The molecule has 0 aliphatic heterocycles. The second-order valence-electron chi connectivity index (χ2n) is 7.62. The molecule has 30 heavy (non-hydrogen) atoms. The maximum atomic E-state index is 12.7. The van der Waals surface area contributed by atoms with E-state index in [-0.39, 0.29) is 24.8 Å². The third-order valence-corrected chi connectivity index (χ3v) is 4.94. The van der Waals surface area contributed by atoms with Gasteiger partial charge in [0.15, 0.2) is 0 Å². The molecule has 0 saturated heterocycles. The number of ether oxygens (including phenoxy) is 1. The molecule has 6 heteroatoms. The van der Waals surface area contributed by atoms with Crippen LogP contribution in [0.2, 0.25) is 0 Å². The van der Waals surface area contributed by atoms with Gasteiger partial charge in [0.25, 0.3) is 0 Å². The van der Waals surface area contributed by atoms with E-state index in [1.807, 2.05) is 57.0 Å². The van der Waals surface area contributed by atoms with Crippen LogP contribution in [-0.2, 0) is 16.1 Å². The summed E-state index contributed by atoms with van der Waals surface area (Å²) >= 11 is 0. The Morgan fingerprint density at radius 2 is 1.77 bits per heavy atom. The number of hydrogen-bond acceptors (Lipinski definition) is 5. The average molecular weight is 408 g/mol. The van der Waals surface area contributed by atoms with Crippen molar-refractivity contribution in [3.8, 4) is 0 Å². The Labute approximate surface area is 176 Å². The van der Waals surface area contributed by atoms with Gasteiger partial charge in [-0.05, 0) is 51.9 Å². The third kappa shape index (κ3) is 4.71. The van der Waals surface area contributed by atoms with Crippen LogP contribution >= 0.6 is 0 Å². The molecular formula is C24H28N2O4. The van der Waals surface area contributed by atoms with Crippen LogP contribution in [0, 0.1) is 20.8 Å². The van der Waals surface area contributed by atoms with Gasteiger partial charge in [-0.25, -0.2) is 4.79 Å². The molecule has 0 fully saturated rings. The van der Waals surface area contributed by atoms with Crippen LogP contribution in [0.25, 0.3) is 11.0 Å². The van der Waals surface area contributed by atoms with Crippen LogP contribution in [0.5, 0.6) is 0 Å². The first-order valence-corrected chi connectivity index (χ1v) is 10.0. The number of anilines is 1. The topological polar surface area (TPSA) is 71.8 Å². The van der Waals surface area contributed by atoms with E-state index >= 15 is 0 Å². The molecule has 1 N–H and O–H groups in total. The van der Waals surface area contributed by atoms with Gasteiger partial charge in [0.1, 0.15) is 5.58 Å². The number of hydrogen-bond donors (Lipinski definition) is 1. The van der Waals surface area contributed by atoms with Crippen molar-refractivity contribution >= 4 is 28.5 Å². The first-order valence-electron chi connectivity index (χ1n) is 10.0. The Bertz CT molecular complexity index is 1060. The van der Waals surface area contributed by atoms with Gasteiger partial charge in [-0.15, -0.1) is 0 Å². The summed E-state index contributed by atoms with van der Waals surface area (Å²) in [7, 11) is 1.84. The highest BCUT2D eigenvalue weighted by Crippen LogP contribution is 2.28. The molecule has 3 rings (SSSR count). The van der Waals surface area contributed by atoms with E-state index in [9.17, 15) is 9.59 Å². The number of rotatable bonds is 7. The molecule has 0 atom stereocenters. The molecule has 0 saturated carbocycles. The molecule has 6 nitrogen and oxygen atoms in total. The minimum atomic E-state index is -0.493. The van der Waals surface area contributed by atoms with E-state index in [2.05, 4.69) is 17.4 Å². The monoisotopic (exact) mass is 408 g/mol. The number of esters is 1. The number of amides is 1. The minimum Gasteiger partial charge on any atom is -0.460 e. The molecule has 1 aromatic heterocycles. The molecule has 0 bridgehead atoms. The molecule has 158 valence electrons. The lowest BCUT2D eigenvalue weighted by Gasteiger charge is -2.18. The number of nitrogens with zero attached hydrogens (tertiary/aromatic N) is 1. The van der Waals surface area contributed by atoms with E-state index in [4.69, 9.17) is 9.15 Å². The Kier molecular flexibility index (Phi) is 6.57. The molecule has 0 aliphatic rings. The Morgan fingerprint density at radius 1 is 1.10 bits per heavy atom. The van der Waals surface area contributed by atoms with Gasteiger partial charge >= 0.3 is 5.97 Å². The minimum absolute atomic E-state index is 0.113. The van der Waals surface area contributed by atoms with Crippen LogP contribution in [-0.4, -0.2) is 37.0 Å². The van der Waals surface area contributed by atoms with Gasteiger partial charge in [-0.2, -0.15) is 0 Å². The predicted octanol–water partition coefficient (Wildman–Crippen LogP) is 4.61. The summed E-state index contributed by atoms with van der Waals surface area (Å²) in [5.41, 5.74) is 5.43. The fourth-order valence-corrected chi connectivity index (χ4v) is 3.74. The molecular weight excluding hydrogens is 380 g/mol. The molecule has 1 heterocycles. The smallest absolute Gasteiger partial charge is 0.374 e. The molecule has 0 aliphatic carbocycles. The zero-order valence-electron chi connectivity index (χ0n) is 18.2. The molecule has 1 amide bonds. The van der Waals surface area contributed by atoms with Gasteiger partial charge in [0.05, 0.1) is 13.2 Å². The number of likely N-dealkylation sites (N-methyl/N-ethyl adjacent to an activating group) is 1. The van der Waals surface area contributed by atoms with Gasteiger partial charge in [0.2, 0.25) is 11.7 Å². The maximum Gasteiger partial charge on any atom is 0.374 e. The zero-order valence-corrected chi connectivity index (χ0v) is 18.2. The second-order valence-corrected chi connectivity index (χ2v) is 7.62. The second kappa shape index (κ2) is 9.13. The number of nitrogens with one attached hydrogen (secondary N) is 1. The summed E-state index contributed by atoms with van der Waals surface area (Å²) < 4.78 is 10.9. The van der Waals surface area contributed by atoms with Gasteiger partial charge in [-0.3, -0.25) is 9.69 Å². The van der Waals surface area contributed by atoms with Crippen molar-refractivity contribution in [3.05, 3.63) is 64.4 Å². The number of carbonyl (C=O) groups is 2. The van der Waals surface area contributed by atoms with Crippen molar-refractivity contribution in [2.24, 2.45) is 0 Å². The van der Waals surface area contributed by atoms with Crippen molar-refractivity contribution < 1.29 is 18.7 Å². The summed E-state index contributed by atoms with van der Waals surface area (Å²) in [6.45, 7) is 8.59. The van der Waals surface area contributed by atoms with Crippen LogP contribution in [0.15, 0.2) is 40.8 Å². The maximum absolute atomic E-state index is 12.7. The number of aryl methyl sites for hydroxylation is 3. The molecule has 2 aromatic carbocycles. The van der Waals surface area contributed by atoms with Gasteiger partial charge in [0, 0.05) is 23.2 Å². The number of furan rings is 1. The normalized spacial score (nSPS) is 11.1. The average Bonchev–Trinajstić information content (AvgIpc) is 3.03. The summed E-state index contributed by atoms with van der Waals surface area (Å²) in [4.78, 5) is 26.9. The van der Waals surface area contributed by atoms with Crippen LogP contribution in [0.1, 0.15) is 39.7 Å². The summed E-state index contributed by atoms with van der Waals surface area (Å²) in [6.07, 6.45) is 0. The number of fused-ring (bicyclic) bond motifs is 1. The highest BCUT2D eigenvalue weighted by Gasteiger charge is 2.23. The van der Waals surface area contributed by atoms with Crippen LogP contribution in [0.4, 0.5) is 5.69 Å². The summed E-state index contributed by atoms with van der Waals surface area (Å²) in [5, 5.41) is 3.86. The molecule has 0 radical (unpaired) electrons. The largest absolute Gasteiger partial charge is 0.460 e. The standard InChI is InChI=1S/C24H28N2O4/c1-6-29-24(28)23-19(18-9-7-8-10-20(18)30-23)13-26(5)14-21(27)25-22-16(3)11-15(2)12-17(22)4/h7-12H,6,13-14H2,1-5H3,(H,25,27). The third-order valence-electron chi connectivity index (χ3n) is 4.94. The van der Waals surface area contributed by atoms with E-state index in [1.54, 1.807) is 6.92 Å². The van der Waals surface area contributed by atoms with Crippen molar-refractivity contribution in [1.29, 1.82) is 0 Å². The van der Waals surface area contributed by atoms with Crippen LogP contribution < -0.4 is 5.32 Å². The first-order chi connectivity index (χ1) is 14.3. The fourth-order valence-electron chi connectivity index (χ4n) is 3.74. The predicted molar refractivity (Wildman–Crippen MR) is 118 cm³/mol. The van der Waals surface area contributed by atoms with Gasteiger partial charge in [-0.1, -0.05) is 35.9 Å². The zero-order chi connectivity index (χ0) is 21.8.